The van der Waals surface area contributed by atoms with Gasteiger partial charge in [-0.1, -0.05) is 0 Å². The topological polar surface area (TPSA) is 75.9 Å². The highest BCUT2D eigenvalue weighted by molar-refractivity contribution is 5.80. The van der Waals surface area contributed by atoms with Gasteiger partial charge in [0.05, 0.1) is 16.8 Å². The molecule has 0 saturated carbocycles. The number of carbonyl (C=O) groups is 1. The van der Waals surface area contributed by atoms with E-state index in [9.17, 15) is 4.79 Å². The van der Waals surface area contributed by atoms with Gasteiger partial charge in [-0.25, -0.2) is 0 Å². The van der Waals surface area contributed by atoms with Gasteiger partial charge in [0.15, 0.2) is 0 Å². The number of fused-ring (bicyclic) bond motifs is 1. The molecule has 2 aliphatic rings. The summed E-state index contributed by atoms with van der Waals surface area (Å²) in [6.45, 7) is 4.39. The van der Waals surface area contributed by atoms with E-state index in [0.717, 1.165) is 55.9 Å². The molecule has 2 aromatic rings. The number of carbonyl (C=O) groups excluding carboxylic acids is 1. The van der Waals surface area contributed by atoms with E-state index in [4.69, 9.17) is 4.74 Å². The Morgan fingerprint density at radius 3 is 2.84 bits per heavy atom. The molecule has 4 rings (SSSR count). The lowest BCUT2D eigenvalue weighted by atomic mass is 9.76. The molecule has 2 fully saturated rings. The summed E-state index contributed by atoms with van der Waals surface area (Å²) < 4.78 is 7.36. The number of rotatable bonds is 3. The normalized spacial score (nSPS) is 23.0. The van der Waals surface area contributed by atoms with Crippen LogP contribution in [0.15, 0.2) is 12.4 Å². The zero-order valence-corrected chi connectivity index (χ0v) is 15.0. The highest BCUT2D eigenvalue weighted by Crippen LogP contribution is 2.44. The van der Waals surface area contributed by atoms with Gasteiger partial charge in [-0.05, 0) is 39.9 Å². The van der Waals surface area contributed by atoms with Gasteiger partial charge >= 0.3 is 5.97 Å². The zero-order valence-electron chi connectivity index (χ0n) is 15.0. The molecule has 2 aromatic heterocycles. The Morgan fingerprint density at radius 1 is 1.36 bits per heavy atom. The van der Waals surface area contributed by atoms with Crippen molar-refractivity contribution in [3.05, 3.63) is 18.1 Å². The van der Waals surface area contributed by atoms with Gasteiger partial charge in [0.1, 0.15) is 12.4 Å². The van der Waals surface area contributed by atoms with Crippen molar-refractivity contribution < 1.29 is 9.53 Å². The largest absolute Gasteiger partial charge is 0.461 e. The summed E-state index contributed by atoms with van der Waals surface area (Å²) in [6.07, 6.45) is 4.10. The maximum absolute atomic E-state index is 12.5. The molecule has 0 bridgehead atoms. The third-order valence-corrected chi connectivity index (χ3v) is 5.33. The van der Waals surface area contributed by atoms with Gasteiger partial charge < -0.3 is 14.5 Å². The van der Waals surface area contributed by atoms with E-state index in [-0.39, 0.29) is 17.5 Å². The number of ether oxygens (including phenoxy) is 1. The van der Waals surface area contributed by atoms with Gasteiger partial charge in [-0.3, -0.25) is 4.79 Å². The minimum absolute atomic E-state index is 0.0143. The highest BCUT2D eigenvalue weighted by Gasteiger charge is 2.50. The second-order valence-electron chi connectivity index (χ2n) is 7.53. The molecule has 1 atom stereocenters. The number of anilines is 1. The third-order valence-electron chi connectivity index (χ3n) is 5.33. The van der Waals surface area contributed by atoms with Crippen LogP contribution in [0.3, 0.4) is 0 Å². The SMILES string of the molecule is Cc1cc(N2CCC3(CC2)CC(CN(C)C)OC3=O)c2nncn2n1. The van der Waals surface area contributed by atoms with Crippen LogP contribution in [-0.2, 0) is 9.53 Å². The predicted molar refractivity (Wildman–Crippen MR) is 92.5 cm³/mol. The Kier molecular flexibility index (Phi) is 3.87. The number of likely N-dealkylation sites (N-methyl/N-ethyl adjacent to an activating group) is 1. The molecule has 0 aliphatic carbocycles. The van der Waals surface area contributed by atoms with Crippen molar-refractivity contribution in [2.24, 2.45) is 5.41 Å². The summed E-state index contributed by atoms with van der Waals surface area (Å²) in [7, 11) is 4.02. The van der Waals surface area contributed by atoms with E-state index >= 15 is 0 Å². The van der Waals surface area contributed by atoms with Gasteiger partial charge in [-0.2, -0.15) is 9.61 Å². The first kappa shape index (κ1) is 16.3. The van der Waals surface area contributed by atoms with Crippen molar-refractivity contribution in [1.29, 1.82) is 0 Å². The minimum atomic E-state index is -0.316. The molecule has 8 heteroatoms. The summed E-state index contributed by atoms with van der Waals surface area (Å²) in [5.74, 6) is -0.0162. The molecule has 134 valence electrons. The molecule has 1 unspecified atom stereocenters. The fourth-order valence-corrected chi connectivity index (χ4v) is 4.10. The van der Waals surface area contributed by atoms with Crippen molar-refractivity contribution in [1.82, 2.24) is 24.7 Å². The maximum atomic E-state index is 12.5. The van der Waals surface area contributed by atoms with E-state index in [1.54, 1.807) is 10.8 Å². The number of aromatic nitrogens is 4. The summed E-state index contributed by atoms with van der Waals surface area (Å²) in [6, 6.07) is 2.05. The second kappa shape index (κ2) is 5.94. The predicted octanol–water partition coefficient (Wildman–Crippen LogP) is 0.896. The fraction of sp³-hybridized carbons (Fsp3) is 0.647. The Morgan fingerprint density at radius 2 is 2.12 bits per heavy atom. The molecule has 0 aromatic carbocycles. The van der Waals surface area contributed by atoms with Crippen LogP contribution in [0.5, 0.6) is 0 Å². The zero-order chi connectivity index (χ0) is 17.6. The van der Waals surface area contributed by atoms with Gasteiger partial charge in [-0.15, -0.1) is 10.2 Å². The van der Waals surface area contributed by atoms with E-state index in [0.29, 0.717) is 0 Å². The number of hydrogen-bond donors (Lipinski definition) is 0. The lowest BCUT2D eigenvalue weighted by Gasteiger charge is -2.37. The molecule has 0 radical (unpaired) electrons. The van der Waals surface area contributed by atoms with Crippen LogP contribution < -0.4 is 4.90 Å². The van der Waals surface area contributed by atoms with Crippen LogP contribution in [0, 0.1) is 12.3 Å². The molecular formula is C17H24N6O2. The summed E-state index contributed by atoms with van der Waals surface area (Å²) in [4.78, 5) is 16.9. The number of nitrogens with zero attached hydrogens (tertiary/aromatic N) is 6. The van der Waals surface area contributed by atoms with E-state index < -0.39 is 0 Å². The van der Waals surface area contributed by atoms with Crippen LogP contribution in [0.4, 0.5) is 5.69 Å². The van der Waals surface area contributed by atoms with Gasteiger partial charge in [0, 0.05) is 26.1 Å². The van der Waals surface area contributed by atoms with E-state index in [2.05, 4.69) is 25.1 Å². The Balaban J connectivity index is 1.51. The van der Waals surface area contributed by atoms with Crippen LogP contribution in [0.1, 0.15) is 25.0 Å². The van der Waals surface area contributed by atoms with Crippen LogP contribution in [0.2, 0.25) is 0 Å². The van der Waals surface area contributed by atoms with E-state index in [1.807, 2.05) is 27.1 Å². The minimum Gasteiger partial charge on any atom is -0.461 e. The fourth-order valence-electron chi connectivity index (χ4n) is 4.10. The summed E-state index contributed by atoms with van der Waals surface area (Å²) in [5, 5.41) is 12.6. The van der Waals surface area contributed by atoms with Crippen LogP contribution in [0.25, 0.3) is 5.65 Å². The maximum Gasteiger partial charge on any atom is 0.312 e. The molecule has 0 N–H and O–H groups in total. The lowest BCUT2D eigenvalue weighted by molar-refractivity contribution is -0.150. The van der Waals surface area contributed by atoms with Crippen molar-refractivity contribution >= 4 is 17.3 Å². The number of piperidine rings is 1. The molecular weight excluding hydrogens is 320 g/mol. The number of cyclic esters (lactones) is 1. The summed E-state index contributed by atoms with van der Waals surface area (Å²) in [5.41, 5.74) is 2.41. The summed E-state index contributed by atoms with van der Waals surface area (Å²) >= 11 is 0. The van der Waals surface area contributed by atoms with Crippen LogP contribution in [-0.4, -0.2) is 70.5 Å². The lowest BCUT2D eigenvalue weighted by Crippen LogP contribution is -2.43. The van der Waals surface area contributed by atoms with Crippen molar-refractivity contribution in [3.8, 4) is 0 Å². The monoisotopic (exact) mass is 344 g/mol. The number of esters is 1. The van der Waals surface area contributed by atoms with E-state index in [1.165, 1.54) is 0 Å². The Bertz CT molecular complexity index is 794. The number of hydrogen-bond acceptors (Lipinski definition) is 7. The average molecular weight is 344 g/mol. The van der Waals surface area contributed by atoms with Crippen molar-refractivity contribution in [2.45, 2.75) is 32.3 Å². The molecule has 2 saturated heterocycles. The second-order valence-corrected chi connectivity index (χ2v) is 7.53. The Hall–Kier alpha value is -2.22. The van der Waals surface area contributed by atoms with Crippen molar-refractivity contribution in [2.75, 3.05) is 38.6 Å². The quantitative estimate of drug-likeness (QED) is 0.766. The van der Waals surface area contributed by atoms with Gasteiger partial charge in [0.25, 0.3) is 0 Å². The first-order valence-corrected chi connectivity index (χ1v) is 8.75. The molecule has 8 nitrogen and oxygen atoms in total. The number of aryl methyl sites for hydroxylation is 1. The first-order valence-electron chi connectivity index (χ1n) is 8.75. The Labute approximate surface area is 146 Å². The van der Waals surface area contributed by atoms with Crippen molar-refractivity contribution in [3.63, 3.8) is 0 Å². The molecule has 4 heterocycles. The van der Waals surface area contributed by atoms with Crippen LogP contribution >= 0.6 is 0 Å². The molecule has 1 spiro atoms. The standard InChI is InChI=1S/C17H24N6O2/c1-12-8-14(15-19-18-11-23(15)20-12)22-6-4-17(5-7-22)9-13(10-21(2)3)25-16(17)24/h8,11,13H,4-7,9-10H2,1-3H3. The average Bonchev–Trinajstić information content (AvgIpc) is 3.12. The highest BCUT2D eigenvalue weighted by atomic mass is 16.6. The smallest absolute Gasteiger partial charge is 0.312 e. The first-order chi connectivity index (χ1) is 12.0. The molecule has 0 amide bonds. The molecule has 2 aliphatic heterocycles. The molecule has 25 heavy (non-hydrogen) atoms. The van der Waals surface area contributed by atoms with Gasteiger partial charge in [0.2, 0.25) is 5.65 Å². The third kappa shape index (κ3) is 2.84.